The number of benzene rings is 4. The molecule has 0 N–H and O–H groups in total. The molecule has 4 aromatic rings. The summed E-state index contributed by atoms with van der Waals surface area (Å²) in [5.41, 5.74) is 2.15. The van der Waals surface area contributed by atoms with E-state index in [9.17, 15) is 0 Å². The summed E-state index contributed by atoms with van der Waals surface area (Å²) in [6, 6.07) is 36.5. The Morgan fingerprint density at radius 1 is 0.404 bits per heavy atom. The third kappa shape index (κ3) is 13.4. The van der Waals surface area contributed by atoms with Crippen LogP contribution >= 0.6 is 6.83 Å². The van der Waals surface area contributed by atoms with Crippen molar-refractivity contribution in [1.29, 1.82) is 0 Å². The van der Waals surface area contributed by atoms with Gasteiger partial charge in [0, 0.05) is 0 Å². The van der Waals surface area contributed by atoms with Crippen LogP contribution in [0.3, 0.4) is 0 Å². The molecular formula is C52H77O3PS. The minimum Gasteiger partial charge on any atom is -0.0654 e. The molecule has 0 aliphatic carbocycles. The molecule has 4 rings (SSSR count). The molecule has 0 atom stereocenters. The zero-order valence-electron chi connectivity index (χ0n) is 36.2. The van der Waals surface area contributed by atoms with Crippen molar-refractivity contribution < 1.29 is 12.4 Å². The van der Waals surface area contributed by atoms with Crippen molar-refractivity contribution >= 4 is 32.9 Å². The SMILES string of the molecule is CCCCCCCCCCCCCc1cccc(S(=O)(=O)OP(CC)(c2ccccc2)(c2ccccc2)c2ccccc2)c1CCCCCCCCCCCCC. The number of rotatable bonds is 31. The fourth-order valence-electron chi connectivity index (χ4n) is 8.97. The Bertz CT molecular complexity index is 1660. The van der Waals surface area contributed by atoms with Crippen molar-refractivity contribution in [3.8, 4) is 0 Å². The van der Waals surface area contributed by atoms with Crippen molar-refractivity contribution in [3.05, 3.63) is 120 Å². The summed E-state index contributed by atoms with van der Waals surface area (Å²) in [6.07, 6.45) is 30.4. The minimum absolute atomic E-state index is 0.361. The molecule has 0 aliphatic rings. The fraction of sp³-hybridized carbons (Fsp3) is 0.538. The second kappa shape index (κ2) is 25.6. The monoisotopic (exact) mass is 813 g/mol. The Morgan fingerprint density at radius 2 is 0.754 bits per heavy atom. The molecule has 57 heavy (non-hydrogen) atoms. The van der Waals surface area contributed by atoms with Crippen LogP contribution in [0.5, 0.6) is 0 Å². The first kappa shape index (κ1) is 46.9. The molecule has 0 saturated carbocycles. The first-order chi connectivity index (χ1) is 27.9. The van der Waals surface area contributed by atoms with E-state index in [0.717, 1.165) is 53.6 Å². The number of aryl methyl sites for hydroxylation is 1. The fourth-order valence-corrected chi connectivity index (χ4v) is 17.7. The zero-order chi connectivity index (χ0) is 40.5. The molecule has 314 valence electrons. The zero-order valence-corrected chi connectivity index (χ0v) is 37.9. The van der Waals surface area contributed by atoms with Gasteiger partial charge in [-0.1, -0.05) is 71.6 Å². The van der Waals surface area contributed by atoms with Gasteiger partial charge >= 0.3 is 280 Å². The molecule has 0 aromatic heterocycles. The summed E-state index contributed by atoms with van der Waals surface area (Å²) in [7, 11) is -4.25. The second-order valence-corrected chi connectivity index (χ2v) is 23.1. The summed E-state index contributed by atoms with van der Waals surface area (Å²) in [6.45, 7) is 2.61. The first-order valence-electron chi connectivity index (χ1n) is 23.2. The summed E-state index contributed by atoms with van der Waals surface area (Å²) >= 11 is 0. The van der Waals surface area contributed by atoms with Crippen LogP contribution in [-0.2, 0) is 26.9 Å². The first-order valence-corrected chi connectivity index (χ1v) is 26.9. The predicted octanol–water partition coefficient (Wildman–Crippen LogP) is 14.6. The topological polar surface area (TPSA) is 43.4 Å². The van der Waals surface area contributed by atoms with Crippen molar-refractivity contribution in [2.75, 3.05) is 6.16 Å². The molecule has 0 bridgehead atoms. The summed E-state index contributed by atoms with van der Waals surface area (Å²) in [5.74, 6) is 0. The molecule has 0 unspecified atom stereocenters. The van der Waals surface area contributed by atoms with Gasteiger partial charge in [-0.3, -0.25) is 0 Å². The standard InChI is InChI=1S/C52H77O3PS/c1-4-7-9-11-13-15-17-19-21-23-28-37-47-38-36-46-52(51(47)45-35-24-22-20-18-16-14-12-10-8-5-2)57(53,54)55-56(6-3,48-39-29-25-30-40-48,49-41-31-26-32-42-49)50-43-33-27-34-44-50/h25-27,29-34,36,38-44,46H,4-24,28,35,37,45H2,1-3H3. The van der Waals surface area contributed by atoms with Gasteiger partial charge in [-0.25, -0.2) is 0 Å². The third-order valence-electron chi connectivity index (χ3n) is 12.4. The Kier molecular flexibility index (Phi) is 21.1. The molecule has 4 aromatic carbocycles. The Morgan fingerprint density at radius 3 is 1.12 bits per heavy atom. The number of unbranched alkanes of at least 4 members (excludes halogenated alkanes) is 20. The molecule has 0 aliphatic heterocycles. The van der Waals surface area contributed by atoms with Crippen LogP contribution in [0.4, 0.5) is 0 Å². The van der Waals surface area contributed by atoms with E-state index >= 15 is 8.42 Å². The van der Waals surface area contributed by atoms with Crippen molar-refractivity contribution in [3.63, 3.8) is 0 Å². The molecule has 0 fully saturated rings. The van der Waals surface area contributed by atoms with Crippen molar-refractivity contribution in [2.24, 2.45) is 0 Å². The van der Waals surface area contributed by atoms with Gasteiger partial charge in [-0.2, -0.15) is 0 Å². The number of hydrogen-bond donors (Lipinski definition) is 0. The van der Waals surface area contributed by atoms with Gasteiger partial charge < -0.3 is 0 Å². The van der Waals surface area contributed by atoms with Crippen LogP contribution in [0.25, 0.3) is 0 Å². The second-order valence-electron chi connectivity index (χ2n) is 16.5. The van der Waals surface area contributed by atoms with E-state index in [1.54, 1.807) is 0 Å². The summed E-state index contributed by atoms with van der Waals surface area (Å²) < 4.78 is 38.0. The molecule has 0 spiro atoms. The van der Waals surface area contributed by atoms with Gasteiger partial charge in [0.25, 0.3) is 0 Å². The van der Waals surface area contributed by atoms with Crippen LogP contribution < -0.4 is 15.9 Å². The number of hydrogen-bond acceptors (Lipinski definition) is 3. The maximum atomic E-state index is 15.4. The smallest absolute Gasteiger partial charge is 0.0654 e. The van der Waals surface area contributed by atoms with Crippen LogP contribution in [0.1, 0.15) is 173 Å². The predicted molar refractivity (Wildman–Crippen MR) is 251 cm³/mol. The van der Waals surface area contributed by atoms with Gasteiger partial charge in [-0.05, 0) is 0 Å². The van der Waals surface area contributed by atoms with Crippen LogP contribution in [0.15, 0.2) is 114 Å². The van der Waals surface area contributed by atoms with Crippen LogP contribution in [0, 0.1) is 0 Å². The van der Waals surface area contributed by atoms with E-state index in [2.05, 4.69) is 63.2 Å². The molecule has 0 heterocycles. The molecular weight excluding hydrogens is 736 g/mol. The maximum absolute atomic E-state index is 15.4. The van der Waals surface area contributed by atoms with Gasteiger partial charge in [0.1, 0.15) is 0 Å². The van der Waals surface area contributed by atoms with E-state index in [-0.39, 0.29) is 0 Å². The quantitative estimate of drug-likeness (QED) is 0.0375. The van der Waals surface area contributed by atoms with E-state index in [0.29, 0.717) is 11.1 Å². The minimum atomic E-state index is -4.25. The Labute approximate surface area is 350 Å². The normalized spacial score (nSPS) is 12.7. The molecule has 0 amide bonds. The summed E-state index contributed by atoms with van der Waals surface area (Å²) in [4.78, 5) is 0.361. The molecule has 3 nitrogen and oxygen atoms in total. The molecule has 5 heteroatoms. The van der Waals surface area contributed by atoms with Gasteiger partial charge in [0.05, 0.1) is 0 Å². The van der Waals surface area contributed by atoms with Gasteiger partial charge in [-0.15, -0.1) is 0 Å². The van der Waals surface area contributed by atoms with E-state index in [1.165, 1.54) is 128 Å². The van der Waals surface area contributed by atoms with E-state index in [4.69, 9.17) is 3.97 Å². The van der Waals surface area contributed by atoms with Gasteiger partial charge in [0.2, 0.25) is 0 Å². The summed E-state index contributed by atoms with van der Waals surface area (Å²) in [5, 5.41) is 2.78. The van der Waals surface area contributed by atoms with Crippen molar-refractivity contribution in [2.45, 2.75) is 180 Å². The average Bonchev–Trinajstić information content (AvgIpc) is 3.25. The van der Waals surface area contributed by atoms with E-state index < -0.39 is 16.9 Å². The average molecular weight is 813 g/mol. The third-order valence-corrected chi connectivity index (χ3v) is 20.8. The Hall–Kier alpha value is -2.78. The molecule has 0 saturated heterocycles. The van der Waals surface area contributed by atoms with Crippen LogP contribution in [-0.4, -0.2) is 14.6 Å². The van der Waals surface area contributed by atoms with Crippen molar-refractivity contribution in [1.82, 2.24) is 0 Å². The van der Waals surface area contributed by atoms with Gasteiger partial charge in [0.15, 0.2) is 0 Å². The van der Waals surface area contributed by atoms with Crippen LogP contribution in [0.2, 0.25) is 0 Å². The molecule has 0 radical (unpaired) electrons. The van der Waals surface area contributed by atoms with E-state index in [1.807, 2.05) is 66.7 Å². The Balaban J connectivity index is 1.60.